The maximum atomic E-state index is 13.7. The highest BCUT2D eigenvalue weighted by molar-refractivity contribution is 7.92. The molecule has 0 radical (unpaired) electrons. The molecule has 3 aromatic rings. The molecule has 6 nitrogen and oxygen atoms in total. The summed E-state index contributed by atoms with van der Waals surface area (Å²) in [5.41, 5.74) is 2.84. The van der Waals surface area contributed by atoms with E-state index in [0.29, 0.717) is 28.5 Å². The molecule has 1 aromatic heterocycles. The van der Waals surface area contributed by atoms with Crippen molar-refractivity contribution in [2.24, 2.45) is 4.36 Å². The van der Waals surface area contributed by atoms with E-state index < -0.39 is 9.73 Å². The molecule has 0 spiro atoms. The van der Waals surface area contributed by atoms with E-state index in [-0.39, 0.29) is 11.9 Å². The predicted molar refractivity (Wildman–Crippen MR) is 110 cm³/mol. The normalized spacial score (nSPS) is 14.1. The van der Waals surface area contributed by atoms with Crippen LogP contribution >= 0.6 is 0 Å². The average Bonchev–Trinajstić information content (AvgIpc) is 3.39. The van der Waals surface area contributed by atoms with Crippen molar-refractivity contribution in [3.05, 3.63) is 48.0 Å². The summed E-state index contributed by atoms with van der Waals surface area (Å²) in [5, 5.41) is 4.08. The minimum atomic E-state index is -2.27. The second-order valence-corrected chi connectivity index (χ2v) is 9.78. The quantitative estimate of drug-likeness (QED) is 0.670. The molecule has 0 bridgehead atoms. The summed E-state index contributed by atoms with van der Waals surface area (Å²) in [6, 6.07) is 8.05. The number of ether oxygens (including phenoxy) is 1. The molecule has 28 heavy (non-hydrogen) atoms. The van der Waals surface area contributed by atoms with E-state index in [0.717, 1.165) is 23.8 Å². The van der Waals surface area contributed by atoms with E-state index in [4.69, 9.17) is 4.74 Å². The molecular weight excluding hydrogens is 379 g/mol. The Hall–Kier alpha value is -2.74. The number of fused-ring (bicyclic) bond motifs is 1. The number of nitrogens with zero attached hydrogens (tertiary/aromatic N) is 3. The van der Waals surface area contributed by atoms with Crippen LogP contribution in [0, 0.1) is 12.7 Å². The molecule has 0 atom stereocenters. The first-order valence-corrected chi connectivity index (χ1v) is 11.3. The van der Waals surface area contributed by atoms with Crippen LogP contribution in [0.5, 0.6) is 5.75 Å². The van der Waals surface area contributed by atoms with Gasteiger partial charge in [0.2, 0.25) is 0 Å². The van der Waals surface area contributed by atoms with Crippen LogP contribution in [-0.4, -0.2) is 32.8 Å². The Labute approximate surface area is 163 Å². The maximum Gasteiger partial charge on any atom is 0.146 e. The molecule has 1 aliphatic rings. The van der Waals surface area contributed by atoms with E-state index in [1.165, 1.54) is 18.5 Å². The Kier molecular flexibility index (Phi) is 4.66. The van der Waals surface area contributed by atoms with Crippen molar-refractivity contribution in [1.82, 2.24) is 9.97 Å². The summed E-state index contributed by atoms with van der Waals surface area (Å²) in [5.74, 6) is 0.712. The van der Waals surface area contributed by atoms with Crippen molar-refractivity contribution >= 4 is 37.8 Å². The first-order valence-electron chi connectivity index (χ1n) is 8.94. The van der Waals surface area contributed by atoms with E-state index in [9.17, 15) is 8.60 Å². The number of hydrogen-bond donors (Lipinski definition) is 1. The Morgan fingerprint density at radius 2 is 2.00 bits per heavy atom. The lowest BCUT2D eigenvalue weighted by molar-refractivity contribution is 0.303. The van der Waals surface area contributed by atoms with Gasteiger partial charge in [-0.25, -0.2) is 18.6 Å². The number of rotatable bonds is 5. The fourth-order valence-corrected chi connectivity index (χ4v) is 3.58. The van der Waals surface area contributed by atoms with Gasteiger partial charge >= 0.3 is 0 Å². The summed E-state index contributed by atoms with van der Waals surface area (Å²) in [7, 11) is -2.27. The second kappa shape index (κ2) is 7.01. The van der Waals surface area contributed by atoms with Gasteiger partial charge in [-0.3, -0.25) is 0 Å². The summed E-state index contributed by atoms with van der Waals surface area (Å²) in [4.78, 5) is 8.70. The highest BCUT2D eigenvalue weighted by atomic mass is 32.2. The molecule has 0 unspecified atom stereocenters. The van der Waals surface area contributed by atoms with Crippen LogP contribution < -0.4 is 10.1 Å². The molecule has 2 aromatic carbocycles. The average molecular weight is 400 g/mol. The van der Waals surface area contributed by atoms with Gasteiger partial charge in [0.15, 0.2) is 0 Å². The summed E-state index contributed by atoms with van der Waals surface area (Å²) >= 11 is 0. The number of benzene rings is 2. The van der Waals surface area contributed by atoms with Crippen LogP contribution in [-0.2, 0) is 9.73 Å². The van der Waals surface area contributed by atoms with Gasteiger partial charge in [0.05, 0.1) is 23.0 Å². The SMILES string of the molecule is Cc1cc(N=S(C)(C)=O)cc2ncnc(Nc3ccc(F)cc3OC3CC3)c12. The van der Waals surface area contributed by atoms with E-state index in [1.807, 2.05) is 13.0 Å². The summed E-state index contributed by atoms with van der Waals surface area (Å²) in [6.07, 6.45) is 6.75. The van der Waals surface area contributed by atoms with Gasteiger partial charge < -0.3 is 10.1 Å². The first kappa shape index (κ1) is 18.6. The first-order chi connectivity index (χ1) is 13.3. The topological polar surface area (TPSA) is 76.5 Å². The molecular formula is C20H21FN4O2S. The summed E-state index contributed by atoms with van der Waals surface area (Å²) < 4.78 is 35.8. The molecule has 1 saturated carbocycles. The fourth-order valence-electron chi connectivity index (χ4n) is 2.96. The van der Waals surface area contributed by atoms with E-state index in [1.54, 1.807) is 24.6 Å². The number of aromatic nitrogens is 2. The largest absolute Gasteiger partial charge is 0.488 e. The fraction of sp³-hybridized carbons (Fsp3) is 0.300. The molecule has 1 fully saturated rings. The Balaban J connectivity index is 1.77. The van der Waals surface area contributed by atoms with E-state index in [2.05, 4.69) is 19.6 Å². The molecule has 0 aliphatic heterocycles. The molecule has 0 amide bonds. The molecule has 1 heterocycles. The van der Waals surface area contributed by atoms with Gasteiger partial charge in [0.1, 0.15) is 23.7 Å². The lowest BCUT2D eigenvalue weighted by Gasteiger charge is -2.15. The zero-order chi connectivity index (χ0) is 19.9. The molecule has 4 rings (SSSR count). The van der Waals surface area contributed by atoms with Crippen LogP contribution in [0.1, 0.15) is 18.4 Å². The Bertz CT molecular complexity index is 1180. The summed E-state index contributed by atoms with van der Waals surface area (Å²) in [6.45, 7) is 1.93. The molecule has 1 aliphatic carbocycles. The van der Waals surface area contributed by atoms with E-state index >= 15 is 0 Å². The highest BCUT2D eigenvalue weighted by Crippen LogP contribution is 2.36. The lowest BCUT2D eigenvalue weighted by atomic mass is 10.1. The van der Waals surface area contributed by atoms with Crippen molar-refractivity contribution in [2.75, 3.05) is 17.8 Å². The van der Waals surface area contributed by atoms with Gasteiger partial charge in [-0.15, -0.1) is 0 Å². The number of halogens is 1. The molecule has 0 saturated heterocycles. The lowest BCUT2D eigenvalue weighted by Crippen LogP contribution is -2.03. The number of aryl methyl sites for hydroxylation is 1. The zero-order valence-electron chi connectivity index (χ0n) is 15.9. The van der Waals surface area contributed by atoms with Crippen molar-refractivity contribution in [3.8, 4) is 5.75 Å². The molecule has 1 N–H and O–H groups in total. The maximum absolute atomic E-state index is 13.7. The van der Waals surface area contributed by atoms with Gasteiger partial charge in [-0.2, -0.15) is 4.36 Å². The van der Waals surface area contributed by atoms with Gasteiger partial charge in [0.25, 0.3) is 0 Å². The minimum absolute atomic E-state index is 0.147. The van der Waals surface area contributed by atoms with Crippen LogP contribution in [0.4, 0.5) is 21.6 Å². The monoisotopic (exact) mass is 400 g/mol. The van der Waals surface area contributed by atoms with Crippen LogP contribution in [0.25, 0.3) is 10.9 Å². The third-order valence-electron chi connectivity index (χ3n) is 4.26. The number of hydrogen-bond acceptors (Lipinski definition) is 6. The number of nitrogens with one attached hydrogen (secondary N) is 1. The van der Waals surface area contributed by atoms with Crippen molar-refractivity contribution in [2.45, 2.75) is 25.9 Å². The second-order valence-electron chi connectivity index (χ2n) is 7.23. The minimum Gasteiger partial charge on any atom is -0.488 e. The Morgan fingerprint density at radius 1 is 1.21 bits per heavy atom. The third kappa shape index (κ3) is 4.22. The standard InChI is InChI=1S/C20H21FN4O2S/c1-12-8-14(25-28(2,3)26)10-17-19(12)20(23-11-22-17)24-16-7-4-13(21)9-18(16)27-15-5-6-15/h4,7-11,15H,5-6H2,1-3H3,(H,22,23,24). The van der Waals surface area contributed by atoms with Crippen LogP contribution in [0.3, 0.4) is 0 Å². The van der Waals surface area contributed by atoms with Gasteiger partial charge in [-0.05, 0) is 49.6 Å². The third-order valence-corrected chi connectivity index (χ3v) is 4.91. The predicted octanol–water partition coefficient (Wildman–Crippen LogP) is 4.72. The molecule has 146 valence electrons. The van der Waals surface area contributed by atoms with Crippen molar-refractivity contribution < 1.29 is 13.3 Å². The number of anilines is 2. The van der Waals surface area contributed by atoms with Gasteiger partial charge in [-0.1, -0.05) is 0 Å². The van der Waals surface area contributed by atoms with Gasteiger partial charge in [0, 0.05) is 33.7 Å². The highest BCUT2D eigenvalue weighted by Gasteiger charge is 2.25. The zero-order valence-corrected chi connectivity index (χ0v) is 16.7. The van der Waals surface area contributed by atoms with Crippen molar-refractivity contribution in [1.29, 1.82) is 0 Å². The van der Waals surface area contributed by atoms with Crippen LogP contribution in [0.15, 0.2) is 41.0 Å². The Morgan fingerprint density at radius 3 is 2.71 bits per heavy atom. The molecule has 8 heteroatoms. The van der Waals surface area contributed by atoms with Crippen LogP contribution in [0.2, 0.25) is 0 Å². The smallest absolute Gasteiger partial charge is 0.146 e. The van der Waals surface area contributed by atoms with Crippen molar-refractivity contribution in [3.63, 3.8) is 0 Å².